The number of esters is 1. The maximum atomic E-state index is 11.7. The summed E-state index contributed by atoms with van der Waals surface area (Å²) in [4.78, 5) is 16.0. The van der Waals surface area contributed by atoms with Crippen molar-refractivity contribution in [1.29, 1.82) is 0 Å². The summed E-state index contributed by atoms with van der Waals surface area (Å²) in [5.41, 5.74) is 0.692. The third-order valence-electron chi connectivity index (χ3n) is 4.11. The van der Waals surface area contributed by atoms with Crippen LogP contribution in [0.2, 0.25) is 18.1 Å². The van der Waals surface area contributed by atoms with Gasteiger partial charge in [0.05, 0.1) is 24.0 Å². The second-order valence-corrected chi connectivity index (χ2v) is 12.0. The number of rotatable bonds is 4. The minimum absolute atomic E-state index is 0.115. The number of pyridine rings is 1. The van der Waals surface area contributed by atoms with Crippen molar-refractivity contribution in [3.63, 3.8) is 0 Å². The van der Waals surface area contributed by atoms with Crippen LogP contribution in [0.5, 0.6) is 0 Å². The lowest BCUT2D eigenvalue weighted by atomic mass is 10.0. The number of nitrogens with zero attached hydrogens (tertiary/aromatic N) is 1. The van der Waals surface area contributed by atoms with E-state index in [2.05, 4.69) is 38.8 Å². The van der Waals surface area contributed by atoms with E-state index in [4.69, 9.17) is 9.16 Å². The molecule has 1 rings (SSSR count). The van der Waals surface area contributed by atoms with Gasteiger partial charge in [0.2, 0.25) is 0 Å². The van der Waals surface area contributed by atoms with Crippen LogP contribution < -0.4 is 0 Å². The molecular formula is C16H27NO3Si. The van der Waals surface area contributed by atoms with Crippen molar-refractivity contribution in [2.24, 2.45) is 0 Å². The van der Waals surface area contributed by atoms with Gasteiger partial charge in [-0.1, -0.05) is 20.8 Å². The van der Waals surface area contributed by atoms with E-state index in [0.29, 0.717) is 5.56 Å². The second-order valence-electron chi connectivity index (χ2n) is 7.29. The van der Waals surface area contributed by atoms with Crippen LogP contribution in [0.3, 0.4) is 0 Å². The van der Waals surface area contributed by atoms with E-state index in [1.54, 1.807) is 18.3 Å². The first-order valence-corrected chi connectivity index (χ1v) is 10.1. The first-order chi connectivity index (χ1) is 9.40. The van der Waals surface area contributed by atoms with Gasteiger partial charge in [-0.25, -0.2) is 4.79 Å². The molecule has 0 aliphatic carbocycles. The molecule has 0 atom stereocenters. The molecular weight excluding hydrogens is 282 g/mol. The van der Waals surface area contributed by atoms with Gasteiger partial charge in [-0.2, -0.15) is 0 Å². The molecule has 0 unspecified atom stereocenters. The Morgan fingerprint density at radius 3 is 2.24 bits per heavy atom. The summed E-state index contributed by atoms with van der Waals surface area (Å²) < 4.78 is 11.2. The average molecular weight is 309 g/mol. The molecule has 1 heterocycles. The molecule has 0 bridgehead atoms. The van der Waals surface area contributed by atoms with Crippen molar-refractivity contribution >= 4 is 14.3 Å². The number of carbonyl (C=O) groups excluding carboxylic acids is 1. The number of aromatic nitrogens is 1. The summed E-state index contributed by atoms with van der Waals surface area (Å²) in [6.45, 7) is 15.0. The van der Waals surface area contributed by atoms with E-state index < -0.39 is 13.9 Å². The molecule has 0 fully saturated rings. The van der Waals surface area contributed by atoms with Crippen LogP contribution in [0, 0.1) is 0 Å². The van der Waals surface area contributed by atoms with Crippen LogP contribution in [-0.4, -0.2) is 26.4 Å². The van der Waals surface area contributed by atoms with Crippen LogP contribution in [0.1, 0.15) is 50.7 Å². The fourth-order valence-corrected chi connectivity index (χ4v) is 3.53. The van der Waals surface area contributed by atoms with E-state index >= 15 is 0 Å². The molecule has 1 aromatic rings. The molecule has 0 saturated heterocycles. The normalized spacial score (nSPS) is 13.1. The molecule has 118 valence electrons. The highest BCUT2D eigenvalue weighted by molar-refractivity contribution is 6.74. The molecule has 5 heteroatoms. The van der Waals surface area contributed by atoms with Crippen molar-refractivity contribution < 1.29 is 14.0 Å². The molecule has 0 aromatic carbocycles. The number of carbonyl (C=O) groups is 1. The van der Waals surface area contributed by atoms with Gasteiger partial charge in [0, 0.05) is 6.20 Å². The van der Waals surface area contributed by atoms with Crippen LogP contribution in [0.25, 0.3) is 0 Å². The molecule has 21 heavy (non-hydrogen) atoms. The smallest absolute Gasteiger partial charge is 0.337 e. The molecule has 0 spiro atoms. The van der Waals surface area contributed by atoms with E-state index in [-0.39, 0.29) is 11.0 Å². The monoisotopic (exact) mass is 309 g/mol. The zero-order valence-corrected chi connectivity index (χ0v) is 15.4. The van der Waals surface area contributed by atoms with Gasteiger partial charge in [-0.15, -0.1) is 0 Å². The lowest BCUT2D eigenvalue weighted by Crippen LogP contribution is -2.46. The number of methoxy groups -OCH3 is 1. The zero-order valence-electron chi connectivity index (χ0n) is 14.4. The summed E-state index contributed by atoms with van der Waals surface area (Å²) in [7, 11) is -0.557. The topological polar surface area (TPSA) is 48.4 Å². The SMILES string of the molecule is COC(=O)c1ccnc(C(C)(C)O[Si](C)(C)C(C)(C)C)c1. The molecule has 0 N–H and O–H groups in total. The summed E-state index contributed by atoms with van der Waals surface area (Å²) in [6, 6.07) is 3.40. The fraction of sp³-hybridized carbons (Fsp3) is 0.625. The minimum Gasteiger partial charge on any atom is -0.465 e. The number of hydrogen-bond donors (Lipinski definition) is 0. The third kappa shape index (κ3) is 4.14. The average Bonchev–Trinajstić information content (AvgIpc) is 2.35. The lowest BCUT2D eigenvalue weighted by molar-refractivity contribution is 0.0598. The predicted octanol–water partition coefficient (Wildman–Crippen LogP) is 4.13. The van der Waals surface area contributed by atoms with E-state index in [1.807, 2.05) is 13.8 Å². The van der Waals surface area contributed by atoms with E-state index in [1.165, 1.54) is 7.11 Å². The summed E-state index contributed by atoms with van der Waals surface area (Å²) in [5, 5.41) is 0.115. The van der Waals surface area contributed by atoms with Crippen LogP contribution >= 0.6 is 0 Å². The third-order valence-corrected chi connectivity index (χ3v) is 8.75. The van der Waals surface area contributed by atoms with Gasteiger partial charge < -0.3 is 9.16 Å². The first kappa shape index (κ1) is 17.8. The number of ether oxygens (including phenoxy) is 1. The van der Waals surface area contributed by atoms with Crippen molar-refractivity contribution in [2.75, 3.05) is 7.11 Å². The van der Waals surface area contributed by atoms with Crippen molar-refractivity contribution in [3.8, 4) is 0 Å². The van der Waals surface area contributed by atoms with Crippen LogP contribution in [-0.2, 0) is 14.8 Å². The molecule has 0 amide bonds. The number of hydrogen-bond acceptors (Lipinski definition) is 4. The van der Waals surface area contributed by atoms with Gasteiger partial charge in [0.1, 0.15) is 0 Å². The Morgan fingerprint density at radius 1 is 1.19 bits per heavy atom. The zero-order chi connectivity index (χ0) is 16.5. The Kier molecular flexibility index (Phi) is 5.00. The highest BCUT2D eigenvalue weighted by atomic mass is 28.4. The molecule has 1 aromatic heterocycles. The van der Waals surface area contributed by atoms with Gasteiger partial charge in [0.15, 0.2) is 8.32 Å². The first-order valence-electron chi connectivity index (χ1n) is 7.16. The molecule has 0 radical (unpaired) electrons. The Hall–Kier alpha value is -1.20. The van der Waals surface area contributed by atoms with Crippen molar-refractivity contribution in [1.82, 2.24) is 4.98 Å². The Balaban J connectivity index is 3.11. The maximum absolute atomic E-state index is 11.7. The molecule has 0 saturated carbocycles. The summed E-state index contributed by atoms with van der Waals surface area (Å²) >= 11 is 0. The Bertz CT molecular complexity index is 518. The minimum atomic E-state index is -1.93. The molecule has 4 nitrogen and oxygen atoms in total. The molecule has 0 aliphatic heterocycles. The second kappa shape index (κ2) is 5.89. The quantitative estimate of drug-likeness (QED) is 0.620. The van der Waals surface area contributed by atoms with Crippen LogP contribution in [0.15, 0.2) is 18.3 Å². The van der Waals surface area contributed by atoms with Gasteiger partial charge in [-0.05, 0) is 44.1 Å². The Labute approximate surface area is 129 Å². The summed E-state index contributed by atoms with van der Waals surface area (Å²) in [5.74, 6) is -0.359. The van der Waals surface area contributed by atoms with Crippen molar-refractivity contribution in [2.45, 2.75) is 58.4 Å². The maximum Gasteiger partial charge on any atom is 0.337 e. The molecule has 0 aliphatic rings. The van der Waals surface area contributed by atoms with E-state index in [0.717, 1.165) is 5.69 Å². The van der Waals surface area contributed by atoms with E-state index in [9.17, 15) is 4.79 Å². The highest BCUT2D eigenvalue weighted by Crippen LogP contribution is 2.41. The predicted molar refractivity (Wildman–Crippen MR) is 86.9 cm³/mol. The largest absolute Gasteiger partial charge is 0.465 e. The van der Waals surface area contributed by atoms with Gasteiger partial charge >= 0.3 is 5.97 Å². The van der Waals surface area contributed by atoms with Crippen LogP contribution in [0.4, 0.5) is 0 Å². The Morgan fingerprint density at radius 2 is 1.76 bits per heavy atom. The lowest BCUT2D eigenvalue weighted by Gasteiger charge is -2.42. The highest BCUT2D eigenvalue weighted by Gasteiger charge is 2.42. The summed E-state index contributed by atoms with van der Waals surface area (Å²) in [6.07, 6.45) is 1.62. The fourth-order valence-electron chi connectivity index (χ4n) is 1.85. The standard InChI is InChI=1S/C16H27NO3Si/c1-15(2,3)21(7,8)20-16(4,5)13-11-12(9-10-17-13)14(18)19-6/h9-11H,1-8H3. The van der Waals surface area contributed by atoms with Crippen molar-refractivity contribution in [3.05, 3.63) is 29.6 Å². The van der Waals surface area contributed by atoms with Gasteiger partial charge in [-0.3, -0.25) is 4.98 Å². The van der Waals surface area contributed by atoms with Gasteiger partial charge in [0.25, 0.3) is 0 Å².